The normalized spacial score (nSPS) is 7.76. The molecule has 0 aliphatic rings. The number of rotatable bonds is 4. The van der Waals surface area contributed by atoms with E-state index in [-0.39, 0.29) is 59.1 Å². The van der Waals surface area contributed by atoms with Gasteiger partial charge in [0.05, 0.1) is 0 Å². The van der Waals surface area contributed by atoms with Crippen LogP contribution < -0.4 is 59.1 Å². The first-order valence-electron chi connectivity index (χ1n) is 4.37. The zero-order valence-corrected chi connectivity index (χ0v) is 15.7. The molecular weight excluding hydrogens is 270 g/mol. The van der Waals surface area contributed by atoms with E-state index in [4.69, 9.17) is 17.5 Å². The summed E-state index contributed by atoms with van der Waals surface area (Å²) in [5.41, 5.74) is 0. The Labute approximate surface area is 147 Å². The van der Waals surface area contributed by atoms with Crippen molar-refractivity contribution in [1.29, 1.82) is 0 Å². The van der Waals surface area contributed by atoms with E-state index in [1.165, 1.54) is 0 Å². The topological polar surface area (TPSA) is 114 Å². The molecule has 0 rings (SSSR count). The van der Waals surface area contributed by atoms with Crippen molar-refractivity contribution in [3.8, 4) is 0 Å². The van der Waals surface area contributed by atoms with Crippen LogP contribution in [0.15, 0.2) is 0 Å². The maximum atomic E-state index is 9.40. The fourth-order valence-corrected chi connectivity index (χ4v) is 0.236. The largest absolute Gasteiger partial charge is 1.00 e. The van der Waals surface area contributed by atoms with E-state index in [1.807, 2.05) is 13.8 Å². The summed E-state index contributed by atoms with van der Waals surface area (Å²) < 4.78 is 34.1. The molecule has 0 radical (unpaired) electrons. The Morgan fingerprint density at radius 3 is 1.06 bits per heavy atom. The molecule has 0 aliphatic heterocycles. The van der Waals surface area contributed by atoms with E-state index in [1.54, 1.807) is 0 Å². The van der Waals surface area contributed by atoms with Crippen molar-refractivity contribution in [3.63, 3.8) is 0 Å². The average molecular weight is 286 g/mol. The molecule has 0 bridgehead atoms. The quantitative estimate of drug-likeness (QED) is 0.220. The molecule has 0 aromatic heterocycles. The predicted molar refractivity (Wildman–Crippen MR) is 52.4 cm³/mol. The van der Waals surface area contributed by atoms with E-state index in [9.17, 15) is 9.59 Å². The summed E-state index contributed by atoms with van der Waals surface area (Å²) in [4.78, 5) is 18.8. The molecule has 0 aromatic carbocycles. The Kier molecular flexibility index (Phi) is 47.1. The molecule has 0 aliphatic carbocycles. The molecule has 0 unspecified atom stereocenters. The van der Waals surface area contributed by atoms with Crippen LogP contribution in [0.1, 0.15) is 39.5 Å². The summed E-state index contributed by atoms with van der Waals surface area (Å²) in [7, 11) is -5.17. The summed E-state index contributed by atoms with van der Waals surface area (Å²) >= 11 is 0. The van der Waals surface area contributed by atoms with Crippen LogP contribution in [0.25, 0.3) is 0 Å². The first kappa shape index (κ1) is 30.9. The van der Waals surface area contributed by atoms with Crippen LogP contribution in [0.3, 0.4) is 0 Å². The summed E-state index contributed by atoms with van der Waals surface area (Å²) in [6, 6.07) is 0. The van der Waals surface area contributed by atoms with Crippen LogP contribution >= 0.6 is 0 Å². The third-order valence-electron chi connectivity index (χ3n) is 0.813. The predicted octanol–water partition coefficient (Wildman–Crippen LogP) is -5.36. The number of hydrogen-bond donors (Lipinski definition) is 0. The standard InChI is InChI=1S/2C4H8O.2Na.H2O4S/c2*1-2-3-4-5;;;1-5(2,3)4/h2*4H,2-3H2,1H3;;;(H2,1,2,3,4)/q;;2*+1;/p-2. The maximum absolute atomic E-state index is 9.40. The minimum absolute atomic E-state index is 0. The van der Waals surface area contributed by atoms with Crippen LogP contribution in [0.2, 0.25) is 0 Å². The van der Waals surface area contributed by atoms with E-state index >= 15 is 0 Å². The Balaban J connectivity index is -0.0000000400. The SMILES string of the molecule is CCCC=O.CCCC=O.O=S(=O)([O-])[O-].[Na+].[Na+]. The second-order valence-corrected chi connectivity index (χ2v) is 3.14. The van der Waals surface area contributed by atoms with Crippen LogP contribution in [0.4, 0.5) is 0 Å². The van der Waals surface area contributed by atoms with Crippen LogP contribution in [-0.4, -0.2) is 30.1 Å². The third kappa shape index (κ3) is 147. The molecule has 0 N–H and O–H groups in total. The number of hydrogen-bond acceptors (Lipinski definition) is 6. The van der Waals surface area contributed by atoms with Gasteiger partial charge < -0.3 is 18.7 Å². The molecule has 0 spiro atoms. The van der Waals surface area contributed by atoms with Crippen molar-refractivity contribution in [2.24, 2.45) is 0 Å². The van der Waals surface area contributed by atoms with Gasteiger partial charge in [0, 0.05) is 23.2 Å². The molecule has 0 saturated carbocycles. The third-order valence-corrected chi connectivity index (χ3v) is 0.813. The summed E-state index contributed by atoms with van der Waals surface area (Å²) in [6.45, 7) is 3.96. The molecule has 0 heterocycles. The van der Waals surface area contributed by atoms with Gasteiger partial charge in [0.2, 0.25) is 0 Å². The molecule has 0 fully saturated rings. The molecule has 9 heteroatoms. The summed E-state index contributed by atoms with van der Waals surface area (Å²) in [6.07, 6.45) is 5.23. The Bertz CT molecular complexity index is 212. The molecule has 0 saturated heterocycles. The summed E-state index contributed by atoms with van der Waals surface area (Å²) in [5.74, 6) is 0. The van der Waals surface area contributed by atoms with E-state index in [0.29, 0.717) is 12.8 Å². The number of carbonyl (C=O) groups is 2. The van der Waals surface area contributed by atoms with Crippen LogP contribution in [-0.2, 0) is 20.0 Å². The minimum Gasteiger partial charge on any atom is -0.759 e. The van der Waals surface area contributed by atoms with Gasteiger partial charge in [0.25, 0.3) is 0 Å². The van der Waals surface area contributed by atoms with Gasteiger partial charge in [-0.2, -0.15) is 0 Å². The monoisotopic (exact) mass is 286 g/mol. The number of unbranched alkanes of at least 4 members (excludes halogenated alkanes) is 2. The van der Waals surface area contributed by atoms with Gasteiger partial charge in [-0.1, -0.05) is 13.8 Å². The molecule has 6 nitrogen and oxygen atoms in total. The van der Waals surface area contributed by atoms with Crippen LogP contribution in [0.5, 0.6) is 0 Å². The fraction of sp³-hybridized carbons (Fsp3) is 0.750. The van der Waals surface area contributed by atoms with Crippen molar-refractivity contribution in [2.45, 2.75) is 39.5 Å². The van der Waals surface area contributed by atoms with E-state index < -0.39 is 10.4 Å². The van der Waals surface area contributed by atoms with Gasteiger partial charge in [-0.15, -0.1) is 0 Å². The Morgan fingerprint density at radius 1 is 0.882 bits per heavy atom. The van der Waals surface area contributed by atoms with Crippen molar-refractivity contribution in [2.75, 3.05) is 0 Å². The zero-order chi connectivity index (χ0) is 12.7. The van der Waals surface area contributed by atoms with Gasteiger partial charge in [-0.25, -0.2) is 0 Å². The van der Waals surface area contributed by atoms with Crippen LogP contribution in [0, 0.1) is 0 Å². The van der Waals surface area contributed by atoms with Crippen molar-refractivity contribution in [3.05, 3.63) is 0 Å². The molecule has 92 valence electrons. The first-order valence-corrected chi connectivity index (χ1v) is 5.70. The van der Waals surface area contributed by atoms with Gasteiger partial charge in [-0.3, -0.25) is 8.42 Å². The molecule has 17 heavy (non-hydrogen) atoms. The number of aldehydes is 2. The molecule has 0 atom stereocenters. The van der Waals surface area contributed by atoms with Gasteiger partial charge in [0.1, 0.15) is 12.6 Å². The van der Waals surface area contributed by atoms with Gasteiger partial charge in [-0.05, 0) is 12.8 Å². The Morgan fingerprint density at radius 2 is 1.06 bits per heavy atom. The second-order valence-electron chi connectivity index (χ2n) is 2.32. The average Bonchev–Trinajstić information content (AvgIpc) is 2.05. The maximum Gasteiger partial charge on any atom is 1.00 e. The van der Waals surface area contributed by atoms with Crippen molar-refractivity contribution >= 4 is 23.0 Å². The summed E-state index contributed by atoms with van der Waals surface area (Å²) in [5, 5.41) is 0. The van der Waals surface area contributed by atoms with Crippen molar-refractivity contribution < 1.29 is 86.2 Å². The van der Waals surface area contributed by atoms with E-state index in [0.717, 1.165) is 25.4 Å². The van der Waals surface area contributed by atoms with E-state index in [2.05, 4.69) is 0 Å². The Hall–Kier alpha value is 1.21. The number of carbonyl (C=O) groups excluding carboxylic acids is 2. The molecule has 0 aromatic rings. The zero-order valence-electron chi connectivity index (χ0n) is 10.8. The minimum atomic E-state index is -5.17. The second kappa shape index (κ2) is 25.9. The van der Waals surface area contributed by atoms with Crippen molar-refractivity contribution in [1.82, 2.24) is 0 Å². The molecule has 0 amide bonds. The van der Waals surface area contributed by atoms with Gasteiger partial charge >= 0.3 is 59.1 Å². The van der Waals surface area contributed by atoms with Gasteiger partial charge in [0.15, 0.2) is 0 Å². The first-order chi connectivity index (χ1) is 6.83. The molecular formula is C8H16Na2O6S. The smallest absolute Gasteiger partial charge is 0.759 e. The fourth-order valence-electron chi connectivity index (χ4n) is 0.236.